The molecular formula is C11H16BrN5. The fourth-order valence-corrected chi connectivity index (χ4v) is 2.16. The van der Waals surface area contributed by atoms with Gasteiger partial charge in [0, 0.05) is 18.9 Å². The van der Waals surface area contributed by atoms with Gasteiger partial charge in [-0.2, -0.15) is 0 Å². The van der Waals surface area contributed by atoms with Crippen LogP contribution in [0.4, 0.5) is 5.82 Å². The molecular weight excluding hydrogens is 282 g/mol. The summed E-state index contributed by atoms with van der Waals surface area (Å²) in [5, 5.41) is 1.08. The van der Waals surface area contributed by atoms with Crippen molar-refractivity contribution in [3.63, 3.8) is 0 Å². The minimum Gasteiger partial charge on any atom is -0.358 e. The fraction of sp³-hybridized carbons (Fsp3) is 0.545. The predicted molar refractivity (Wildman–Crippen MR) is 72.6 cm³/mol. The Balaban J connectivity index is 2.03. The molecule has 0 fully saturated rings. The van der Waals surface area contributed by atoms with Crippen LogP contribution in [0.2, 0.25) is 0 Å². The Kier molecular flexibility index (Phi) is 4.30. The van der Waals surface area contributed by atoms with E-state index < -0.39 is 0 Å². The van der Waals surface area contributed by atoms with Crippen LogP contribution in [0.3, 0.4) is 0 Å². The summed E-state index contributed by atoms with van der Waals surface area (Å²) in [6, 6.07) is 0. The van der Waals surface area contributed by atoms with Gasteiger partial charge in [-0.05, 0) is 12.8 Å². The molecule has 2 aromatic heterocycles. The van der Waals surface area contributed by atoms with Crippen LogP contribution in [0.5, 0.6) is 0 Å². The first-order valence-corrected chi connectivity index (χ1v) is 6.86. The van der Waals surface area contributed by atoms with Crippen LogP contribution in [0.25, 0.3) is 11.2 Å². The number of rotatable bonds is 6. The van der Waals surface area contributed by atoms with Gasteiger partial charge in [0.2, 0.25) is 0 Å². The molecule has 2 heterocycles. The van der Waals surface area contributed by atoms with Crippen molar-refractivity contribution in [1.82, 2.24) is 19.9 Å². The highest BCUT2D eigenvalue weighted by molar-refractivity contribution is 9.09. The van der Waals surface area contributed by atoms with Crippen LogP contribution in [0.1, 0.15) is 19.3 Å². The molecule has 2 rings (SSSR count). The first kappa shape index (κ1) is 12.3. The van der Waals surface area contributed by atoms with Gasteiger partial charge in [-0.3, -0.25) is 0 Å². The Bertz CT molecular complexity index is 470. The summed E-state index contributed by atoms with van der Waals surface area (Å²) in [7, 11) is 2.05. The second-order valence-electron chi connectivity index (χ2n) is 3.97. The van der Waals surface area contributed by atoms with E-state index in [9.17, 15) is 0 Å². The number of aromatic nitrogens is 4. The van der Waals surface area contributed by atoms with Gasteiger partial charge < -0.3 is 9.88 Å². The largest absolute Gasteiger partial charge is 0.358 e. The van der Waals surface area contributed by atoms with E-state index in [4.69, 9.17) is 0 Å². The van der Waals surface area contributed by atoms with Crippen molar-refractivity contribution in [2.75, 3.05) is 23.8 Å². The zero-order valence-electron chi connectivity index (χ0n) is 9.86. The van der Waals surface area contributed by atoms with Crippen LogP contribution < -0.4 is 4.90 Å². The summed E-state index contributed by atoms with van der Waals surface area (Å²) in [6.45, 7) is 0.998. The Morgan fingerprint density at radius 3 is 2.94 bits per heavy atom. The van der Waals surface area contributed by atoms with Gasteiger partial charge >= 0.3 is 0 Å². The standard InChI is InChI=1S/C11H16BrN5/c1-17(6-4-2-3-5-12)11-9-10(14-7-13-9)15-8-16-11/h7-8H,2-6H2,1H3,(H,13,14,15,16). The molecule has 0 bridgehead atoms. The molecule has 5 nitrogen and oxygen atoms in total. The maximum Gasteiger partial charge on any atom is 0.182 e. The quantitative estimate of drug-likeness (QED) is 0.657. The molecule has 0 unspecified atom stereocenters. The average Bonchev–Trinajstić information content (AvgIpc) is 2.82. The molecule has 92 valence electrons. The van der Waals surface area contributed by atoms with E-state index in [0.29, 0.717) is 0 Å². The zero-order valence-corrected chi connectivity index (χ0v) is 11.4. The van der Waals surface area contributed by atoms with Gasteiger partial charge in [0.25, 0.3) is 0 Å². The number of imidazole rings is 1. The van der Waals surface area contributed by atoms with Crippen LogP contribution in [-0.2, 0) is 0 Å². The van der Waals surface area contributed by atoms with Crippen molar-refractivity contribution in [2.45, 2.75) is 19.3 Å². The summed E-state index contributed by atoms with van der Waals surface area (Å²) in [4.78, 5) is 17.8. The molecule has 2 aromatic rings. The van der Waals surface area contributed by atoms with E-state index in [-0.39, 0.29) is 0 Å². The SMILES string of the molecule is CN(CCCCCBr)c1ncnc2nc[nH]c12. The number of alkyl halides is 1. The smallest absolute Gasteiger partial charge is 0.182 e. The predicted octanol–water partition coefficient (Wildman–Crippen LogP) is 2.35. The number of aromatic amines is 1. The van der Waals surface area contributed by atoms with Gasteiger partial charge in [0.1, 0.15) is 11.8 Å². The Morgan fingerprint density at radius 1 is 1.24 bits per heavy atom. The molecule has 0 aliphatic carbocycles. The first-order valence-electron chi connectivity index (χ1n) is 5.74. The molecule has 17 heavy (non-hydrogen) atoms. The van der Waals surface area contributed by atoms with Crippen molar-refractivity contribution in [3.8, 4) is 0 Å². The highest BCUT2D eigenvalue weighted by Gasteiger charge is 2.09. The lowest BCUT2D eigenvalue weighted by Gasteiger charge is -2.17. The Hall–Kier alpha value is -1.17. The van der Waals surface area contributed by atoms with Crippen LogP contribution in [0.15, 0.2) is 12.7 Å². The average molecular weight is 298 g/mol. The van der Waals surface area contributed by atoms with E-state index in [1.807, 2.05) is 0 Å². The third kappa shape index (κ3) is 2.94. The van der Waals surface area contributed by atoms with Crippen LogP contribution >= 0.6 is 15.9 Å². The minimum absolute atomic E-state index is 0.724. The number of H-pyrrole nitrogens is 1. The van der Waals surface area contributed by atoms with E-state index in [1.165, 1.54) is 19.3 Å². The van der Waals surface area contributed by atoms with Gasteiger partial charge in [-0.25, -0.2) is 15.0 Å². The molecule has 0 saturated heterocycles. The first-order chi connectivity index (χ1) is 8.33. The molecule has 6 heteroatoms. The molecule has 0 saturated carbocycles. The third-order valence-corrected chi connectivity index (χ3v) is 3.25. The van der Waals surface area contributed by atoms with Crippen molar-refractivity contribution in [1.29, 1.82) is 0 Å². The fourth-order valence-electron chi connectivity index (χ4n) is 1.77. The molecule has 0 aliphatic rings. The summed E-state index contributed by atoms with van der Waals surface area (Å²) in [5.74, 6) is 0.923. The third-order valence-electron chi connectivity index (χ3n) is 2.69. The van der Waals surface area contributed by atoms with E-state index >= 15 is 0 Å². The monoisotopic (exact) mass is 297 g/mol. The highest BCUT2D eigenvalue weighted by atomic mass is 79.9. The number of anilines is 1. The molecule has 0 aromatic carbocycles. The molecule has 0 aliphatic heterocycles. The second kappa shape index (κ2) is 5.95. The van der Waals surface area contributed by atoms with Crippen molar-refractivity contribution in [3.05, 3.63) is 12.7 Å². The number of halogens is 1. The maximum absolute atomic E-state index is 4.31. The van der Waals surface area contributed by atoms with Gasteiger partial charge in [-0.15, -0.1) is 0 Å². The maximum atomic E-state index is 4.31. The normalized spacial score (nSPS) is 10.9. The molecule has 0 radical (unpaired) electrons. The molecule has 0 atom stereocenters. The number of fused-ring (bicyclic) bond motifs is 1. The summed E-state index contributed by atoms with van der Waals surface area (Å²) in [5.41, 5.74) is 1.64. The van der Waals surface area contributed by atoms with Gasteiger partial charge in [0.15, 0.2) is 11.5 Å². The lowest BCUT2D eigenvalue weighted by atomic mass is 10.2. The van der Waals surface area contributed by atoms with Crippen LogP contribution in [-0.4, -0.2) is 38.9 Å². The highest BCUT2D eigenvalue weighted by Crippen LogP contribution is 2.18. The summed E-state index contributed by atoms with van der Waals surface area (Å²) >= 11 is 3.44. The van der Waals surface area contributed by atoms with E-state index in [1.54, 1.807) is 12.7 Å². The van der Waals surface area contributed by atoms with Crippen molar-refractivity contribution in [2.24, 2.45) is 0 Å². The second-order valence-corrected chi connectivity index (χ2v) is 4.76. The summed E-state index contributed by atoms with van der Waals surface area (Å²) < 4.78 is 0. The topological polar surface area (TPSA) is 57.7 Å². The van der Waals surface area contributed by atoms with E-state index in [0.717, 1.165) is 28.9 Å². The molecule has 0 amide bonds. The van der Waals surface area contributed by atoms with Crippen molar-refractivity contribution < 1.29 is 0 Å². The van der Waals surface area contributed by atoms with E-state index in [2.05, 4.69) is 47.8 Å². The number of unbranched alkanes of at least 4 members (excludes halogenated alkanes) is 2. The van der Waals surface area contributed by atoms with Crippen LogP contribution in [0, 0.1) is 0 Å². The number of nitrogens with zero attached hydrogens (tertiary/aromatic N) is 4. The minimum atomic E-state index is 0.724. The number of nitrogens with one attached hydrogen (secondary N) is 1. The lowest BCUT2D eigenvalue weighted by Crippen LogP contribution is -2.20. The van der Waals surface area contributed by atoms with Gasteiger partial charge in [-0.1, -0.05) is 22.4 Å². The molecule has 0 spiro atoms. The Morgan fingerprint density at radius 2 is 2.12 bits per heavy atom. The lowest BCUT2D eigenvalue weighted by molar-refractivity contribution is 0.707. The number of hydrogen-bond donors (Lipinski definition) is 1. The Labute approximate surface area is 109 Å². The summed E-state index contributed by atoms with van der Waals surface area (Å²) in [6.07, 6.45) is 6.83. The number of hydrogen-bond acceptors (Lipinski definition) is 4. The zero-order chi connectivity index (χ0) is 12.1. The van der Waals surface area contributed by atoms with Gasteiger partial charge in [0.05, 0.1) is 6.33 Å². The molecule has 1 N–H and O–H groups in total. The van der Waals surface area contributed by atoms with Crippen molar-refractivity contribution >= 4 is 32.9 Å².